The maximum absolute atomic E-state index is 12.9. The molecule has 0 bridgehead atoms. The van der Waals surface area contributed by atoms with Crippen molar-refractivity contribution in [3.05, 3.63) is 83.8 Å². The van der Waals surface area contributed by atoms with Gasteiger partial charge in [-0.3, -0.25) is 9.59 Å². The third kappa shape index (κ3) is 5.38. The number of hydrogen-bond donors (Lipinski definition) is 2. The van der Waals surface area contributed by atoms with Crippen molar-refractivity contribution in [3.8, 4) is 11.1 Å². The molecule has 1 aliphatic rings. The molecule has 1 aliphatic heterocycles. The Hall–Kier alpha value is -4.24. The molecular formula is C29H33N7O2. The predicted octanol–water partition coefficient (Wildman–Crippen LogP) is 3.18. The molecule has 9 nitrogen and oxygen atoms in total. The number of piperidine rings is 1. The van der Waals surface area contributed by atoms with E-state index in [0.717, 1.165) is 40.7 Å². The zero-order chi connectivity index (χ0) is 26.6. The quantitative estimate of drug-likeness (QED) is 0.395. The van der Waals surface area contributed by atoms with Crippen molar-refractivity contribution in [2.24, 2.45) is 0 Å². The number of nitrogens with two attached hydrogens (primary N) is 1. The van der Waals surface area contributed by atoms with E-state index in [-0.39, 0.29) is 17.7 Å². The van der Waals surface area contributed by atoms with Crippen molar-refractivity contribution >= 4 is 23.1 Å². The fourth-order valence-electron chi connectivity index (χ4n) is 5.11. The van der Waals surface area contributed by atoms with Gasteiger partial charge >= 0.3 is 0 Å². The Labute approximate surface area is 222 Å². The Balaban J connectivity index is 1.40. The van der Waals surface area contributed by atoms with Crippen molar-refractivity contribution in [1.82, 2.24) is 29.7 Å². The summed E-state index contributed by atoms with van der Waals surface area (Å²) >= 11 is 0. The van der Waals surface area contributed by atoms with E-state index in [1.165, 1.54) is 6.33 Å². The number of hydrogen-bond acceptors (Lipinski definition) is 6. The van der Waals surface area contributed by atoms with Gasteiger partial charge in [0.15, 0.2) is 5.82 Å². The summed E-state index contributed by atoms with van der Waals surface area (Å²) in [6.07, 6.45) is 3.16. The Morgan fingerprint density at radius 3 is 2.55 bits per heavy atom. The molecule has 0 radical (unpaired) electrons. The Morgan fingerprint density at radius 1 is 1.05 bits per heavy atom. The fraction of sp³-hybridized carbons (Fsp3) is 0.310. The average molecular weight is 512 g/mol. The zero-order valence-corrected chi connectivity index (χ0v) is 21.8. The molecule has 9 heteroatoms. The Morgan fingerprint density at radius 2 is 1.82 bits per heavy atom. The van der Waals surface area contributed by atoms with Crippen LogP contribution in [0.2, 0.25) is 0 Å². The van der Waals surface area contributed by atoms with Gasteiger partial charge in [-0.25, -0.2) is 9.50 Å². The van der Waals surface area contributed by atoms with E-state index >= 15 is 0 Å². The van der Waals surface area contributed by atoms with Crippen LogP contribution in [0.15, 0.2) is 67.0 Å². The van der Waals surface area contributed by atoms with Crippen molar-refractivity contribution in [1.29, 1.82) is 0 Å². The molecule has 38 heavy (non-hydrogen) atoms. The van der Waals surface area contributed by atoms with Crippen LogP contribution < -0.4 is 11.1 Å². The lowest BCUT2D eigenvalue weighted by molar-refractivity contribution is -0.132. The highest BCUT2D eigenvalue weighted by molar-refractivity contribution is 5.97. The van der Waals surface area contributed by atoms with Gasteiger partial charge in [-0.15, -0.1) is 0 Å². The monoisotopic (exact) mass is 511 g/mol. The molecule has 4 aromatic rings. The largest absolute Gasteiger partial charge is 0.382 e. The number of likely N-dealkylation sites (N-methyl/N-ethyl adjacent to an activating group) is 1. The second-order valence-corrected chi connectivity index (χ2v) is 10.0. The number of nitrogens with zero attached hydrogens (tertiary/aromatic N) is 5. The predicted molar refractivity (Wildman–Crippen MR) is 148 cm³/mol. The number of nitrogens with one attached hydrogen (secondary N) is 1. The summed E-state index contributed by atoms with van der Waals surface area (Å²) in [5, 5.41) is 7.53. The van der Waals surface area contributed by atoms with Gasteiger partial charge in [0, 0.05) is 42.4 Å². The first kappa shape index (κ1) is 25.4. The first-order valence-electron chi connectivity index (χ1n) is 12.9. The van der Waals surface area contributed by atoms with E-state index in [2.05, 4.69) is 21.5 Å². The lowest BCUT2D eigenvalue weighted by Gasteiger charge is -2.32. The lowest BCUT2D eigenvalue weighted by atomic mass is 9.92. The second-order valence-electron chi connectivity index (χ2n) is 10.0. The number of anilines is 1. The third-order valence-electron chi connectivity index (χ3n) is 7.06. The lowest BCUT2D eigenvalue weighted by Crippen LogP contribution is -2.42. The summed E-state index contributed by atoms with van der Waals surface area (Å²) in [4.78, 5) is 33.5. The molecule has 2 aromatic heterocycles. The molecule has 0 atom stereocenters. The summed E-state index contributed by atoms with van der Waals surface area (Å²) in [6, 6.07) is 19.5. The van der Waals surface area contributed by atoms with Gasteiger partial charge in [0.25, 0.3) is 5.91 Å². The Kier molecular flexibility index (Phi) is 7.37. The molecule has 1 fully saturated rings. The molecule has 0 spiro atoms. The first-order valence-corrected chi connectivity index (χ1v) is 12.9. The van der Waals surface area contributed by atoms with E-state index in [0.29, 0.717) is 37.6 Å². The van der Waals surface area contributed by atoms with Crippen LogP contribution in [-0.4, -0.2) is 69.9 Å². The van der Waals surface area contributed by atoms with Gasteiger partial charge in [0.05, 0.1) is 6.54 Å². The van der Waals surface area contributed by atoms with Gasteiger partial charge in [-0.05, 0) is 56.3 Å². The van der Waals surface area contributed by atoms with Crippen molar-refractivity contribution in [3.63, 3.8) is 0 Å². The molecule has 196 valence electrons. The molecule has 0 unspecified atom stereocenters. The highest BCUT2D eigenvalue weighted by Gasteiger charge is 2.28. The van der Waals surface area contributed by atoms with Crippen LogP contribution in [0, 0.1) is 0 Å². The molecule has 1 saturated heterocycles. The van der Waals surface area contributed by atoms with Crippen LogP contribution in [-0.2, 0) is 11.3 Å². The normalized spacial score (nSPS) is 14.2. The van der Waals surface area contributed by atoms with Gasteiger partial charge in [-0.2, -0.15) is 5.10 Å². The van der Waals surface area contributed by atoms with Crippen LogP contribution >= 0.6 is 0 Å². The van der Waals surface area contributed by atoms with Crippen molar-refractivity contribution < 1.29 is 9.59 Å². The van der Waals surface area contributed by atoms with E-state index in [4.69, 9.17) is 5.73 Å². The summed E-state index contributed by atoms with van der Waals surface area (Å²) in [6.45, 7) is 2.29. The minimum absolute atomic E-state index is 0.140. The van der Waals surface area contributed by atoms with Crippen LogP contribution in [0.3, 0.4) is 0 Å². The van der Waals surface area contributed by atoms with Crippen molar-refractivity contribution in [2.45, 2.75) is 25.3 Å². The number of likely N-dealkylation sites (tertiary alicyclic amines) is 1. The van der Waals surface area contributed by atoms with Crippen LogP contribution in [0.5, 0.6) is 0 Å². The number of nitrogen functional groups attached to an aromatic ring is 1. The standard InChI is InChI=1S/C29H33N7O2/c1-34(2)18-26(37)35-13-11-21(12-14-35)25-16-24(27-28(30)32-19-33-36(25)27)22-9-6-10-23(15-22)29(38)31-17-20-7-4-3-5-8-20/h3-10,15-16,19,21H,11-14,17-18H2,1-2H3,(H,31,38)(H2,30,32,33). The van der Waals surface area contributed by atoms with Gasteiger partial charge in [-0.1, -0.05) is 42.5 Å². The first-order chi connectivity index (χ1) is 18.4. The van der Waals surface area contributed by atoms with E-state index < -0.39 is 0 Å². The maximum atomic E-state index is 12.9. The Bertz CT molecular complexity index is 1440. The molecule has 2 amide bonds. The van der Waals surface area contributed by atoms with Gasteiger partial charge in [0.2, 0.25) is 5.91 Å². The highest BCUT2D eigenvalue weighted by atomic mass is 16.2. The molecular weight excluding hydrogens is 478 g/mol. The zero-order valence-electron chi connectivity index (χ0n) is 21.8. The number of aromatic nitrogens is 3. The number of benzene rings is 2. The summed E-state index contributed by atoms with van der Waals surface area (Å²) in [7, 11) is 3.82. The number of rotatable bonds is 7. The highest BCUT2D eigenvalue weighted by Crippen LogP contribution is 2.36. The van der Waals surface area contributed by atoms with Crippen LogP contribution in [0.25, 0.3) is 16.6 Å². The summed E-state index contributed by atoms with van der Waals surface area (Å²) < 4.78 is 1.88. The molecule has 2 aromatic carbocycles. The van der Waals surface area contributed by atoms with E-state index in [1.807, 2.05) is 83.0 Å². The summed E-state index contributed by atoms with van der Waals surface area (Å²) in [5.41, 5.74) is 11.5. The minimum atomic E-state index is -0.140. The van der Waals surface area contributed by atoms with Gasteiger partial charge < -0.3 is 20.9 Å². The molecule has 0 saturated carbocycles. The topological polar surface area (TPSA) is 109 Å². The van der Waals surface area contributed by atoms with E-state index in [9.17, 15) is 9.59 Å². The molecule has 5 rings (SSSR count). The average Bonchev–Trinajstić information content (AvgIpc) is 3.33. The minimum Gasteiger partial charge on any atom is -0.382 e. The molecule has 3 heterocycles. The SMILES string of the molecule is CN(C)CC(=O)N1CCC(c2cc(-c3cccc(C(=O)NCc4ccccc4)c3)c3c(N)ncnn23)CC1. The molecule has 0 aliphatic carbocycles. The van der Waals surface area contributed by atoms with Crippen molar-refractivity contribution in [2.75, 3.05) is 39.5 Å². The second kappa shape index (κ2) is 11.0. The number of fused-ring (bicyclic) bond motifs is 1. The fourth-order valence-corrected chi connectivity index (χ4v) is 5.11. The smallest absolute Gasteiger partial charge is 0.251 e. The number of amides is 2. The van der Waals surface area contributed by atoms with Gasteiger partial charge in [0.1, 0.15) is 11.8 Å². The number of carbonyl (C=O) groups is 2. The third-order valence-corrected chi connectivity index (χ3v) is 7.06. The molecule has 3 N–H and O–H groups in total. The van der Waals surface area contributed by atoms with Crippen LogP contribution in [0.1, 0.15) is 40.4 Å². The van der Waals surface area contributed by atoms with Crippen LogP contribution in [0.4, 0.5) is 5.82 Å². The number of carbonyl (C=O) groups excluding carboxylic acids is 2. The summed E-state index contributed by atoms with van der Waals surface area (Å²) in [5.74, 6) is 0.631. The maximum Gasteiger partial charge on any atom is 0.251 e. The van der Waals surface area contributed by atoms with E-state index in [1.54, 1.807) is 0 Å².